The quantitative estimate of drug-likeness (QED) is 0.596. The summed E-state index contributed by atoms with van der Waals surface area (Å²) in [5.41, 5.74) is 0.278. The molecule has 29 heavy (non-hydrogen) atoms. The van der Waals surface area contributed by atoms with Gasteiger partial charge < -0.3 is 14.4 Å². The molecule has 1 saturated heterocycles. The maximum atomic E-state index is 13.0. The summed E-state index contributed by atoms with van der Waals surface area (Å²) in [6.07, 6.45) is 2.02. The number of halogens is 1. The van der Waals surface area contributed by atoms with E-state index in [1.54, 1.807) is 30.9 Å². The Labute approximate surface area is 176 Å². The number of carbonyl (C=O) groups is 2. The van der Waals surface area contributed by atoms with Gasteiger partial charge in [-0.25, -0.2) is 8.42 Å². The van der Waals surface area contributed by atoms with Gasteiger partial charge in [0.2, 0.25) is 15.9 Å². The summed E-state index contributed by atoms with van der Waals surface area (Å²) >= 11 is 6.14. The second-order valence-corrected chi connectivity index (χ2v) is 9.17. The minimum absolute atomic E-state index is 0.235. The van der Waals surface area contributed by atoms with Crippen LogP contribution in [-0.2, 0) is 24.3 Å². The number of carbonyl (C=O) groups excluding carboxylic acids is 2. The number of sulfonamides is 1. The third kappa shape index (κ3) is 5.54. The van der Waals surface area contributed by atoms with Crippen LogP contribution in [0.3, 0.4) is 0 Å². The number of methoxy groups -OCH3 is 1. The number of rotatable bonds is 7. The maximum absolute atomic E-state index is 13.0. The van der Waals surface area contributed by atoms with E-state index in [4.69, 9.17) is 21.1 Å². The van der Waals surface area contributed by atoms with Crippen molar-refractivity contribution >= 4 is 39.2 Å². The van der Waals surface area contributed by atoms with Crippen LogP contribution in [0.25, 0.3) is 0 Å². The molecule has 1 atom stereocenters. The Balaban J connectivity index is 2.18. The molecule has 0 saturated carbocycles. The molecule has 1 amide bonds. The highest BCUT2D eigenvalue weighted by Gasteiger charge is 2.35. The lowest BCUT2D eigenvalue weighted by atomic mass is 9.96. The summed E-state index contributed by atoms with van der Waals surface area (Å²) in [5.74, 6) is -0.410. The van der Waals surface area contributed by atoms with E-state index >= 15 is 0 Å². The first-order valence-corrected chi connectivity index (χ1v) is 11.6. The number of ether oxygens (including phenoxy) is 2. The zero-order valence-corrected chi connectivity index (χ0v) is 18.6. The third-order valence-electron chi connectivity index (χ3n) is 4.88. The number of esters is 1. The molecule has 0 N–H and O–H groups in total. The fourth-order valence-corrected chi connectivity index (χ4v) is 4.87. The van der Waals surface area contributed by atoms with E-state index in [9.17, 15) is 18.0 Å². The van der Waals surface area contributed by atoms with Crippen molar-refractivity contribution in [2.24, 2.45) is 5.92 Å². The largest absolute Gasteiger partial charge is 0.495 e. The van der Waals surface area contributed by atoms with Gasteiger partial charge in [0.15, 0.2) is 0 Å². The van der Waals surface area contributed by atoms with Gasteiger partial charge in [-0.3, -0.25) is 13.9 Å². The van der Waals surface area contributed by atoms with Crippen LogP contribution in [0.4, 0.5) is 5.69 Å². The van der Waals surface area contributed by atoms with E-state index in [0.29, 0.717) is 38.3 Å². The lowest BCUT2D eigenvalue weighted by Gasteiger charge is -2.36. The Morgan fingerprint density at radius 2 is 1.93 bits per heavy atom. The van der Waals surface area contributed by atoms with Crippen molar-refractivity contribution < 1.29 is 27.5 Å². The van der Waals surface area contributed by atoms with E-state index in [1.165, 1.54) is 13.2 Å². The first-order chi connectivity index (χ1) is 13.6. The smallest absolute Gasteiger partial charge is 0.309 e. The van der Waals surface area contributed by atoms with Crippen LogP contribution in [0.1, 0.15) is 26.7 Å². The summed E-state index contributed by atoms with van der Waals surface area (Å²) in [5, 5.41) is 0.244. The Morgan fingerprint density at radius 3 is 2.41 bits per heavy atom. The van der Waals surface area contributed by atoms with Gasteiger partial charge in [0, 0.05) is 13.1 Å². The average Bonchev–Trinajstić information content (AvgIpc) is 2.67. The lowest BCUT2D eigenvalue weighted by molar-refractivity contribution is -0.151. The van der Waals surface area contributed by atoms with Crippen LogP contribution in [0.15, 0.2) is 18.2 Å². The van der Waals surface area contributed by atoms with Crippen LogP contribution in [0.2, 0.25) is 5.02 Å². The molecule has 8 nitrogen and oxygen atoms in total. The number of likely N-dealkylation sites (tertiary alicyclic amines) is 1. The molecule has 1 aromatic carbocycles. The van der Waals surface area contributed by atoms with Gasteiger partial charge in [-0.1, -0.05) is 11.6 Å². The summed E-state index contributed by atoms with van der Waals surface area (Å²) in [4.78, 5) is 26.5. The zero-order valence-electron chi connectivity index (χ0n) is 17.1. The summed E-state index contributed by atoms with van der Waals surface area (Å²) in [7, 11) is -2.30. The molecule has 1 aromatic rings. The van der Waals surface area contributed by atoms with Crippen molar-refractivity contribution in [2.45, 2.75) is 32.7 Å². The Hall–Kier alpha value is -2.00. The first kappa shape index (κ1) is 23.3. The fourth-order valence-electron chi connectivity index (χ4n) is 3.45. The Morgan fingerprint density at radius 1 is 1.31 bits per heavy atom. The lowest BCUT2D eigenvalue weighted by Crippen LogP contribution is -2.51. The van der Waals surface area contributed by atoms with Gasteiger partial charge in [-0.05, 0) is 44.9 Å². The van der Waals surface area contributed by atoms with Gasteiger partial charge >= 0.3 is 5.97 Å². The summed E-state index contributed by atoms with van der Waals surface area (Å²) in [6.45, 7) is 4.35. The van der Waals surface area contributed by atoms with Crippen molar-refractivity contribution in [3.8, 4) is 5.75 Å². The molecule has 10 heteroatoms. The van der Waals surface area contributed by atoms with Crippen molar-refractivity contribution in [3.05, 3.63) is 23.2 Å². The molecule has 0 aliphatic carbocycles. The molecule has 1 fully saturated rings. The van der Waals surface area contributed by atoms with Crippen molar-refractivity contribution in [2.75, 3.05) is 37.4 Å². The first-order valence-electron chi connectivity index (χ1n) is 9.38. The second-order valence-electron chi connectivity index (χ2n) is 6.91. The topological polar surface area (TPSA) is 93.2 Å². The highest BCUT2D eigenvalue weighted by molar-refractivity contribution is 7.92. The summed E-state index contributed by atoms with van der Waals surface area (Å²) < 4.78 is 36.1. The van der Waals surface area contributed by atoms with Crippen molar-refractivity contribution in [1.82, 2.24) is 4.90 Å². The number of piperidine rings is 1. The third-order valence-corrected chi connectivity index (χ3v) is 6.42. The van der Waals surface area contributed by atoms with Crippen molar-refractivity contribution in [1.29, 1.82) is 0 Å². The molecule has 0 radical (unpaired) electrons. The molecule has 0 bridgehead atoms. The molecule has 1 aliphatic rings. The molecule has 162 valence electrons. The maximum Gasteiger partial charge on any atom is 0.309 e. The molecule has 0 spiro atoms. The normalized spacial score (nSPS) is 16.2. The minimum Gasteiger partial charge on any atom is -0.495 e. The molecule has 1 aliphatic heterocycles. The molecular weight excluding hydrogens is 420 g/mol. The van der Waals surface area contributed by atoms with Gasteiger partial charge in [0.05, 0.1) is 36.6 Å². The molecule has 1 unspecified atom stereocenters. The van der Waals surface area contributed by atoms with E-state index in [0.717, 1.165) is 10.6 Å². The molecule has 0 aromatic heterocycles. The SMILES string of the molecule is CCOC(=O)C1CCN(C(=O)C(C)N(c2ccc(OC)c(Cl)c2)S(C)(=O)=O)CC1. The number of amides is 1. The molecule has 1 heterocycles. The monoisotopic (exact) mass is 446 g/mol. The number of nitrogens with zero attached hydrogens (tertiary/aromatic N) is 2. The van der Waals surface area contributed by atoms with E-state index in [2.05, 4.69) is 0 Å². The van der Waals surface area contributed by atoms with Crippen LogP contribution in [-0.4, -0.2) is 64.3 Å². The molecular formula is C19H27ClN2O6S. The predicted octanol–water partition coefficient (Wildman–Crippen LogP) is 2.30. The average molecular weight is 447 g/mol. The Bertz CT molecular complexity index is 852. The van der Waals surface area contributed by atoms with Crippen LogP contribution in [0, 0.1) is 5.92 Å². The Kier molecular flexibility index (Phi) is 7.76. The van der Waals surface area contributed by atoms with Crippen molar-refractivity contribution in [3.63, 3.8) is 0 Å². The predicted molar refractivity (Wildman–Crippen MR) is 111 cm³/mol. The minimum atomic E-state index is -3.76. The van der Waals surface area contributed by atoms with Crippen LogP contribution in [0.5, 0.6) is 5.75 Å². The zero-order chi connectivity index (χ0) is 21.8. The highest BCUT2D eigenvalue weighted by Crippen LogP contribution is 2.32. The second kappa shape index (κ2) is 9.67. The van der Waals surface area contributed by atoms with E-state index in [-0.39, 0.29) is 28.5 Å². The van der Waals surface area contributed by atoms with Gasteiger partial charge in [-0.15, -0.1) is 0 Å². The number of hydrogen-bond donors (Lipinski definition) is 0. The van der Waals surface area contributed by atoms with Crippen LogP contribution < -0.4 is 9.04 Å². The number of hydrogen-bond acceptors (Lipinski definition) is 6. The van der Waals surface area contributed by atoms with Gasteiger partial charge in [0.1, 0.15) is 11.8 Å². The van der Waals surface area contributed by atoms with E-state index < -0.39 is 16.1 Å². The standard InChI is InChI=1S/C19H27ClN2O6S/c1-5-28-19(24)14-8-10-21(11-9-14)18(23)13(2)22(29(4,25)26)15-6-7-17(27-3)16(20)12-15/h6-7,12-14H,5,8-11H2,1-4H3. The fraction of sp³-hybridized carbons (Fsp3) is 0.579. The summed E-state index contributed by atoms with van der Waals surface area (Å²) in [6, 6.07) is 3.59. The molecule has 2 rings (SSSR count). The van der Waals surface area contributed by atoms with Gasteiger partial charge in [-0.2, -0.15) is 0 Å². The van der Waals surface area contributed by atoms with Gasteiger partial charge in [0.25, 0.3) is 0 Å². The number of anilines is 1. The van der Waals surface area contributed by atoms with Crippen LogP contribution >= 0.6 is 11.6 Å². The van der Waals surface area contributed by atoms with E-state index in [1.807, 2.05) is 0 Å². The number of benzene rings is 1. The highest BCUT2D eigenvalue weighted by atomic mass is 35.5.